The monoisotopic (exact) mass is 228 g/mol. The van der Waals surface area contributed by atoms with Gasteiger partial charge in [-0.15, -0.1) is 0 Å². The first kappa shape index (κ1) is 13.9. The summed E-state index contributed by atoms with van der Waals surface area (Å²) >= 11 is 0. The van der Waals surface area contributed by atoms with Gasteiger partial charge in [0, 0.05) is 12.6 Å². The SMILES string of the molecule is CC1COCCN1CCCCC(C)(C)CN. The fraction of sp³-hybridized carbons (Fsp3) is 1.00. The molecule has 96 valence electrons. The normalized spacial score (nSPS) is 23.6. The Hall–Kier alpha value is -0.120. The molecule has 0 bridgehead atoms. The van der Waals surface area contributed by atoms with Crippen LogP contribution in [0.3, 0.4) is 0 Å². The summed E-state index contributed by atoms with van der Waals surface area (Å²) in [6.45, 7) is 11.7. The quantitative estimate of drug-likeness (QED) is 0.705. The molecule has 1 fully saturated rings. The first-order valence-corrected chi connectivity index (χ1v) is 6.57. The lowest BCUT2D eigenvalue weighted by atomic mass is 9.87. The predicted octanol–water partition coefficient (Wildman–Crippen LogP) is 1.86. The second kappa shape index (κ2) is 6.58. The summed E-state index contributed by atoms with van der Waals surface area (Å²) in [6.07, 6.45) is 3.81. The van der Waals surface area contributed by atoms with Gasteiger partial charge in [-0.2, -0.15) is 0 Å². The van der Waals surface area contributed by atoms with E-state index < -0.39 is 0 Å². The molecule has 1 unspecified atom stereocenters. The molecule has 0 radical (unpaired) electrons. The van der Waals surface area contributed by atoms with E-state index in [0.29, 0.717) is 11.5 Å². The maximum absolute atomic E-state index is 5.73. The van der Waals surface area contributed by atoms with Crippen LogP contribution in [0.4, 0.5) is 0 Å². The highest BCUT2D eigenvalue weighted by atomic mass is 16.5. The highest BCUT2D eigenvalue weighted by Gasteiger charge is 2.19. The van der Waals surface area contributed by atoms with Crippen molar-refractivity contribution in [2.75, 3.05) is 32.8 Å². The van der Waals surface area contributed by atoms with E-state index in [1.165, 1.54) is 25.8 Å². The number of hydrogen-bond donors (Lipinski definition) is 1. The second-order valence-electron chi connectivity index (χ2n) is 5.79. The van der Waals surface area contributed by atoms with Crippen LogP contribution in [0.2, 0.25) is 0 Å². The molecule has 2 N–H and O–H groups in total. The second-order valence-corrected chi connectivity index (χ2v) is 5.79. The Kier molecular flexibility index (Phi) is 5.73. The van der Waals surface area contributed by atoms with Gasteiger partial charge in [-0.05, 0) is 38.3 Å². The van der Waals surface area contributed by atoms with Gasteiger partial charge < -0.3 is 10.5 Å². The Morgan fingerprint density at radius 2 is 2.12 bits per heavy atom. The van der Waals surface area contributed by atoms with Crippen molar-refractivity contribution in [3.05, 3.63) is 0 Å². The zero-order valence-corrected chi connectivity index (χ0v) is 11.2. The number of rotatable bonds is 6. The molecule has 1 aliphatic heterocycles. The summed E-state index contributed by atoms with van der Waals surface area (Å²) in [4.78, 5) is 2.54. The van der Waals surface area contributed by atoms with E-state index in [-0.39, 0.29) is 0 Å². The molecule has 1 atom stereocenters. The number of nitrogens with two attached hydrogens (primary N) is 1. The Labute approximate surface area is 100 Å². The fourth-order valence-electron chi connectivity index (χ4n) is 2.11. The lowest BCUT2D eigenvalue weighted by Gasteiger charge is -2.33. The number of nitrogens with zero attached hydrogens (tertiary/aromatic N) is 1. The molecule has 0 amide bonds. The van der Waals surface area contributed by atoms with Crippen molar-refractivity contribution >= 4 is 0 Å². The van der Waals surface area contributed by atoms with Crippen LogP contribution in [-0.2, 0) is 4.74 Å². The molecule has 16 heavy (non-hydrogen) atoms. The number of ether oxygens (including phenoxy) is 1. The van der Waals surface area contributed by atoms with Gasteiger partial charge in [0.2, 0.25) is 0 Å². The smallest absolute Gasteiger partial charge is 0.0619 e. The summed E-state index contributed by atoms with van der Waals surface area (Å²) in [7, 11) is 0. The third-order valence-corrected chi connectivity index (χ3v) is 3.61. The lowest BCUT2D eigenvalue weighted by Crippen LogP contribution is -2.43. The minimum atomic E-state index is 0.316. The Balaban J connectivity index is 2.10. The highest BCUT2D eigenvalue weighted by Crippen LogP contribution is 2.21. The maximum atomic E-state index is 5.73. The van der Waals surface area contributed by atoms with Crippen molar-refractivity contribution in [2.45, 2.75) is 46.1 Å². The average Bonchev–Trinajstić information content (AvgIpc) is 2.27. The molecule has 0 spiro atoms. The van der Waals surface area contributed by atoms with E-state index in [4.69, 9.17) is 10.5 Å². The molecule has 3 nitrogen and oxygen atoms in total. The minimum absolute atomic E-state index is 0.316. The van der Waals surface area contributed by atoms with Gasteiger partial charge in [0.15, 0.2) is 0 Å². The lowest BCUT2D eigenvalue weighted by molar-refractivity contribution is -0.00115. The summed E-state index contributed by atoms with van der Waals surface area (Å²) < 4.78 is 5.43. The zero-order chi connectivity index (χ0) is 12.0. The molecule has 3 heteroatoms. The molecule has 0 aromatic heterocycles. The van der Waals surface area contributed by atoms with Crippen molar-refractivity contribution in [3.63, 3.8) is 0 Å². The van der Waals surface area contributed by atoms with Crippen LogP contribution >= 0.6 is 0 Å². The molecule has 1 rings (SSSR count). The standard InChI is InChI=1S/C13H28N2O/c1-12-10-16-9-8-15(12)7-5-4-6-13(2,3)11-14/h12H,4-11,14H2,1-3H3. The van der Waals surface area contributed by atoms with Gasteiger partial charge in [0.25, 0.3) is 0 Å². The summed E-state index contributed by atoms with van der Waals surface area (Å²) in [5.74, 6) is 0. The van der Waals surface area contributed by atoms with Gasteiger partial charge >= 0.3 is 0 Å². The van der Waals surface area contributed by atoms with Crippen LogP contribution in [0.25, 0.3) is 0 Å². The first-order valence-electron chi connectivity index (χ1n) is 6.57. The molecule has 1 heterocycles. The number of unbranched alkanes of at least 4 members (excludes halogenated alkanes) is 1. The van der Waals surface area contributed by atoms with Crippen molar-refractivity contribution in [2.24, 2.45) is 11.1 Å². The van der Waals surface area contributed by atoms with Gasteiger partial charge in [0.05, 0.1) is 13.2 Å². The van der Waals surface area contributed by atoms with Gasteiger partial charge in [-0.25, -0.2) is 0 Å². The predicted molar refractivity (Wildman–Crippen MR) is 68.5 cm³/mol. The first-order chi connectivity index (χ1) is 7.55. The number of morpholine rings is 1. The van der Waals surface area contributed by atoms with Crippen molar-refractivity contribution in [1.29, 1.82) is 0 Å². The third kappa shape index (κ3) is 4.81. The van der Waals surface area contributed by atoms with E-state index in [9.17, 15) is 0 Å². The molecule has 0 aliphatic carbocycles. The molecule has 0 saturated carbocycles. The van der Waals surface area contributed by atoms with Crippen LogP contribution in [0, 0.1) is 5.41 Å². The van der Waals surface area contributed by atoms with E-state index >= 15 is 0 Å². The van der Waals surface area contributed by atoms with Gasteiger partial charge in [0.1, 0.15) is 0 Å². The van der Waals surface area contributed by atoms with Gasteiger partial charge in [-0.1, -0.05) is 20.3 Å². The Bertz CT molecular complexity index is 194. The van der Waals surface area contributed by atoms with Crippen LogP contribution in [0.1, 0.15) is 40.0 Å². The largest absolute Gasteiger partial charge is 0.379 e. The summed E-state index contributed by atoms with van der Waals surface area (Å²) in [5.41, 5.74) is 6.04. The van der Waals surface area contributed by atoms with E-state index in [1.807, 2.05) is 0 Å². The Morgan fingerprint density at radius 3 is 2.75 bits per heavy atom. The van der Waals surface area contributed by atoms with E-state index in [0.717, 1.165) is 26.3 Å². The van der Waals surface area contributed by atoms with Crippen molar-refractivity contribution in [1.82, 2.24) is 4.90 Å². The number of hydrogen-bond acceptors (Lipinski definition) is 3. The van der Waals surface area contributed by atoms with E-state index in [1.54, 1.807) is 0 Å². The van der Waals surface area contributed by atoms with E-state index in [2.05, 4.69) is 25.7 Å². The Morgan fingerprint density at radius 1 is 1.38 bits per heavy atom. The van der Waals surface area contributed by atoms with Crippen LogP contribution < -0.4 is 5.73 Å². The summed E-state index contributed by atoms with van der Waals surface area (Å²) in [5, 5.41) is 0. The molecule has 0 aromatic rings. The molecule has 1 saturated heterocycles. The van der Waals surface area contributed by atoms with Crippen LogP contribution in [0.15, 0.2) is 0 Å². The average molecular weight is 228 g/mol. The zero-order valence-electron chi connectivity index (χ0n) is 11.2. The topological polar surface area (TPSA) is 38.5 Å². The van der Waals surface area contributed by atoms with Crippen molar-refractivity contribution in [3.8, 4) is 0 Å². The molecular weight excluding hydrogens is 200 g/mol. The third-order valence-electron chi connectivity index (χ3n) is 3.61. The maximum Gasteiger partial charge on any atom is 0.0619 e. The molecule has 0 aromatic carbocycles. The van der Waals surface area contributed by atoms with Crippen molar-refractivity contribution < 1.29 is 4.74 Å². The summed E-state index contributed by atoms with van der Waals surface area (Å²) in [6, 6.07) is 0.594. The van der Waals surface area contributed by atoms with Crippen LogP contribution in [0.5, 0.6) is 0 Å². The van der Waals surface area contributed by atoms with Crippen LogP contribution in [-0.4, -0.2) is 43.8 Å². The molecule has 1 aliphatic rings. The molecular formula is C13H28N2O. The van der Waals surface area contributed by atoms with Gasteiger partial charge in [-0.3, -0.25) is 4.90 Å². The highest BCUT2D eigenvalue weighted by molar-refractivity contribution is 4.72. The fourth-order valence-corrected chi connectivity index (χ4v) is 2.11. The minimum Gasteiger partial charge on any atom is -0.379 e.